The molecule has 5 heteroatoms. The number of morpholine rings is 1. The first-order valence-electron chi connectivity index (χ1n) is 8.62. The number of benzene rings is 2. The highest BCUT2D eigenvalue weighted by molar-refractivity contribution is 7.89. The third-order valence-electron chi connectivity index (χ3n) is 4.84. The van der Waals surface area contributed by atoms with Crippen molar-refractivity contribution in [2.24, 2.45) is 0 Å². The Labute approximate surface area is 150 Å². The van der Waals surface area contributed by atoms with Crippen LogP contribution in [0.3, 0.4) is 0 Å². The summed E-state index contributed by atoms with van der Waals surface area (Å²) < 4.78 is 33.7. The molecule has 1 aliphatic heterocycles. The lowest BCUT2D eigenvalue weighted by atomic mass is 10.1. The molecule has 0 spiro atoms. The van der Waals surface area contributed by atoms with Crippen molar-refractivity contribution in [3.05, 3.63) is 65.2 Å². The van der Waals surface area contributed by atoms with E-state index in [1.165, 1.54) is 0 Å². The lowest BCUT2D eigenvalue weighted by molar-refractivity contribution is -0.0265. The van der Waals surface area contributed by atoms with Gasteiger partial charge in [-0.15, -0.1) is 0 Å². The average Bonchev–Trinajstić information content (AvgIpc) is 2.59. The minimum Gasteiger partial charge on any atom is -0.375 e. The van der Waals surface area contributed by atoms with E-state index < -0.39 is 10.0 Å². The molecule has 0 radical (unpaired) electrons. The van der Waals surface area contributed by atoms with Gasteiger partial charge in [-0.1, -0.05) is 36.4 Å². The Morgan fingerprint density at radius 1 is 1.08 bits per heavy atom. The summed E-state index contributed by atoms with van der Waals surface area (Å²) in [6, 6.07) is 15.2. The fraction of sp³-hybridized carbons (Fsp3) is 0.400. The van der Waals surface area contributed by atoms with E-state index in [1.54, 1.807) is 16.4 Å². The van der Waals surface area contributed by atoms with Crippen molar-refractivity contribution in [2.75, 3.05) is 13.2 Å². The van der Waals surface area contributed by atoms with Crippen LogP contribution in [0.1, 0.15) is 23.6 Å². The zero-order valence-corrected chi connectivity index (χ0v) is 15.8. The summed E-state index contributed by atoms with van der Waals surface area (Å²) in [4.78, 5) is 0.364. The van der Waals surface area contributed by atoms with Gasteiger partial charge < -0.3 is 4.74 Å². The molecule has 1 aliphatic rings. The van der Waals surface area contributed by atoms with Crippen LogP contribution in [-0.2, 0) is 21.2 Å². The summed E-state index contributed by atoms with van der Waals surface area (Å²) in [6.45, 7) is 6.62. The van der Waals surface area contributed by atoms with Crippen molar-refractivity contribution < 1.29 is 13.2 Å². The van der Waals surface area contributed by atoms with Gasteiger partial charge in [-0.2, -0.15) is 4.31 Å². The predicted molar refractivity (Wildman–Crippen MR) is 99.2 cm³/mol. The van der Waals surface area contributed by atoms with E-state index in [9.17, 15) is 8.42 Å². The molecule has 3 rings (SSSR count). The molecule has 1 fully saturated rings. The number of aryl methyl sites for hydroxylation is 2. The van der Waals surface area contributed by atoms with Crippen LogP contribution in [0.5, 0.6) is 0 Å². The molecule has 4 nitrogen and oxygen atoms in total. The Balaban J connectivity index is 1.82. The van der Waals surface area contributed by atoms with Crippen LogP contribution in [0.25, 0.3) is 0 Å². The van der Waals surface area contributed by atoms with Gasteiger partial charge in [-0.25, -0.2) is 8.42 Å². The van der Waals surface area contributed by atoms with E-state index in [1.807, 2.05) is 57.2 Å². The second-order valence-electron chi connectivity index (χ2n) is 6.81. The molecule has 0 bridgehead atoms. The van der Waals surface area contributed by atoms with Crippen molar-refractivity contribution >= 4 is 10.0 Å². The molecule has 25 heavy (non-hydrogen) atoms. The quantitative estimate of drug-likeness (QED) is 0.841. The van der Waals surface area contributed by atoms with E-state index in [2.05, 4.69) is 0 Å². The van der Waals surface area contributed by atoms with Gasteiger partial charge in [0.2, 0.25) is 10.0 Å². The lowest BCUT2D eigenvalue weighted by Gasteiger charge is -2.37. The Bertz CT molecular complexity index is 833. The van der Waals surface area contributed by atoms with E-state index >= 15 is 0 Å². The van der Waals surface area contributed by atoms with Gasteiger partial charge in [0.15, 0.2) is 0 Å². The highest BCUT2D eigenvalue weighted by atomic mass is 32.2. The Morgan fingerprint density at radius 3 is 2.48 bits per heavy atom. The molecular weight excluding hydrogens is 334 g/mol. The summed E-state index contributed by atoms with van der Waals surface area (Å²) in [5.74, 6) is 0. The standard InChI is InChI=1S/C20H25NO3S/c1-15-9-10-20(11-16(15)2)25(22,23)21-13-19(24-14-17(21)3)12-18-7-5-4-6-8-18/h4-11,17,19H,12-14H2,1-3H3. The third kappa shape index (κ3) is 3.94. The van der Waals surface area contributed by atoms with Gasteiger partial charge in [0.05, 0.1) is 17.6 Å². The normalized spacial score (nSPS) is 22.0. The van der Waals surface area contributed by atoms with Crippen molar-refractivity contribution in [3.8, 4) is 0 Å². The maximum atomic E-state index is 13.1. The summed E-state index contributed by atoms with van der Waals surface area (Å²) in [5.41, 5.74) is 3.24. The second kappa shape index (κ2) is 7.28. The summed E-state index contributed by atoms with van der Waals surface area (Å²) in [6.07, 6.45) is 0.590. The molecule has 2 aromatic carbocycles. The first-order chi connectivity index (χ1) is 11.9. The molecule has 0 aromatic heterocycles. The van der Waals surface area contributed by atoms with Crippen molar-refractivity contribution in [2.45, 2.75) is 44.2 Å². The number of ether oxygens (including phenoxy) is 1. The van der Waals surface area contributed by atoms with Crippen LogP contribution < -0.4 is 0 Å². The Morgan fingerprint density at radius 2 is 1.80 bits per heavy atom. The highest BCUT2D eigenvalue weighted by Crippen LogP contribution is 2.25. The van der Waals surface area contributed by atoms with Gasteiger partial charge in [-0.3, -0.25) is 0 Å². The molecule has 0 aliphatic carbocycles. The summed E-state index contributed by atoms with van der Waals surface area (Å²) >= 11 is 0. The van der Waals surface area contributed by atoms with Gasteiger partial charge in [0, 0.05) is 12.6 Å². The van der Waals surface area contributed by atoms with Gasteiger partial charge in [0.1, 0.15) is 0 Å². The van der Waals surface area contributed by atoms with Crippen LogP contribution in [0.15, 0.2) is 53.4 Å². The molecule has 2 aromatic rings. The molecule has 1 heterocycles. The number of nitrogens with zero attached hydrogens (tertiary/aromatic N) is 1. The van der Waals surface area contributed by atoms with Crippen molar-refractivity contribution in [1.82, 2.24) is 4.31 Å². The largest absolute Gasteiger partial charge is 0.375 e. The fourth-order valence-corrected chi connectivity index (χ4v) is 4.87. The van der Waals surface area contributed by atoms with Crippen molar-refractivity contribution in [3.63, 3.8) is 0 Å². The Kier molecular flexibility index (Phi) is 5.27. The van der Waals surface area contributed by atoms with E-state index in [-0.39, 0.29) is 12.1 Å². The maximum absolute atomic E-state index is 13.1. The van der Waals surface area contributed by atoms with Crippen molar-refractivity contribution in [1.29, 1.82) is 0 Å². The number of rotatable bonds is 4. The number of hydrogen-bond acceptors (Lipinski definition) is 3. The van der Waals surface area contributed by atoms with E-state index in [0.29, 0.717) is 24.5 Å². The van der Waals surface area contributed by atoms with Gasteiger partial charge in [0.25, 0.3) is 0 Å². The van der Waals surface area contributed by atoms with Crippen LogP contribution in [-0.4, -0.2) is 38.0 Å². The first kappa shape index (κ1) is 18.1. The molecular formula is C20H25NO3S. The first-order valence-corrected chi connectivity index (χ1v) is 10.1. The SMILES string of the molecule is Cc1ccc(S(=O)(=O)N2CC(Cc3ccccc3)OCC2C)cc1C. The summed E-state index contributed by atoms with van der Waals surface area (Å²) in [7, 11) is -3.52. The monoisotopic (exact) mass is 359 g/mol. The second-order valence-corrected chi connectivity index (χ2v) is 8.71. The zero-order chi connectivity index (χ0) is 18.0. The van der Waals surface area contributed by atoms with Crippen LogP contribution in [0, 0.1) is 13.8 Å². The topological polar surface area (TPSA) is 46.6 Å². The molecule has 0 amide bonds. The fourth-order valence-electron chi connectivity index (χ4n) is 3.14. The molecule has 2 atom stereocenters. The molecule has 1 saturated heterocycles. The zero-order valence-electron chi connectivity index (χ0n) is 15.0. The third-order valence-corrected chi connectivity index (χ3v) is 6.82. The highest BCUT2D eigenvalue weighted by Gasteiger charge is 2.35. The maximum Gasteiger partial charge on any atom is 0.243 e. The summed E-state index contributed by atoms with van der Waals surface area (Å²) in [5, 5.41) is 0. The van der Waals surface area contributed by atoms with E-state index in [4.69, 9.17) is 4.74 Å². The van der Waals surface area contributed by atoms with Crippen LogP contribution >= 0.6 is 0 Å². The van der Waals surface area contributed by atoms with E-state index in [0.717, 1.165) is 16.7 Å². The van der Waals surface area contributed by atoms with Crippen LogP contribution in [0.4, 0.5) is 0 Å². The lowest BCUT2D eigenvalue weighted by Crippen LogP contribution is -2.51. The Hall–Kier alpha value is -1.69. The number of sulfonamides is 1. The molecule has 134 valence electrons. The predicted octanol–water partition coefficient (Wildman–Crippen LogP) is 3.32. The van der Waals surface area contributed by atoms with Gasteiger partial charge in [-0.05, 0) is 56.0 Å². The molecule has 2 unspecified atom stereocenters. The molecule has 0 N–H and O–H groups in total. The van der Waals surface area contributed by atoms with Gasteiger partial charge >= 0.3 is 0 Å². The van der Waals surface area contributed by atoms with Crippen LogP contribution in [0.2, 0.25) is 0 Å². The minimum absolute atomic E-state index is 0.125. The molecule has 0 saturated carbocycles. The smallest absolute Gasteiger partial charge is 0.243 e. The number of hydrogen-bond donors (Lipinski definition) is 0. The average molecular weight is 359 g/mol. The minimum atomic E-state index is -3.52.